The van der Waals surface area contributed by atoms with Crippen molar-refractivity contribution in [2.75, 3.05) is 13.7 Å². The van der Waals surface area contributed by atoms with Crippen molar-refractivity contribution in [3.8, 4) is 5.75 Å². The Labute approximate surface area is 150 Å². The summed E-state index contributed by atoms with van der Waals surface area (Å²) in [6.07, 6.45) is 0. The first-order valence-electron chi connectivity index (χ1n) is 7.69. The summed E-state index contributed by atoms with van der Waals surface area (Å²) in [7, 11) is 1.30. The summed E-state index contributed by atoms with van der Waals surface area (Å²) in [6.45, 7) is 1.84. The van der Waals surface area contributed by atoms with Crippen molar-refractivity contribution in [3.63, 3.8) is 0 Å². The van der Waals surface area contributed by atoms with Gasteiger partial charge < -0.3 is 14.3 Å². The highest BCUT2D eigenvalue weighted by atomic mass is 16.6. The van der Waals surface area contributed by atoms with Crippen molar-refractivity contribution >= 4 is 17.4 Å². The second-order valence-corrected chi connectivity index (χ2v) is 5.26. The molecule has 0 radical (unpaired) electrons. The predicted molar refractivity (Wildman–Crippen MR) is 94.0 cm³/mol. The van der Waals surface area contributed by atoms with Crippen LogP contribution in [-0.2, 0) is 21.0 Å². The fourth-order valence-electron chi connectivity index (χ4n) is 1.96. The Balaban J connectivity index is 1.88. The highest BCUT2D eigenvalue weighted by Crippen LogP contribution is 2.14. The summed E-state index contributed by atoms with van der Waals surface area (Å²) in [5, 5.41) is 14.6. The maximum absolute atomic E-state index is 11.0. The monoisotopic (exact) mass is 358 g/mol. The van der Waals surface area contributed by atoms with Crippen molar-refractivity contribution in [1.82, 2.24) is 0 Å². The number of hydrogen-bond acceptors (Lipinski definition) is 7. The molecule has 0 fully saturated rings. The van der Waals surface area contributed by atoms with Gasteiger partial charge in [0.15, 0.2) is 6.61 Å². The predicted octanol–water partition coefficient (Wildman–Crippen LogP) is 3.09. The van der Waals surface area contributed by atoms with E-state index in [2.05, 4.69) is 9.89 Å². The van der Waals surface area contributed by atoms with Gasteiger partial charge in [-0.15, -0.1) is 0 Å². The van der Waals surface area contributed by atoms with Crippen molar-refractivity contribution in [1.29, 1.82) is 0 Å². The lowest BCUT2D eigenvalue weighted by Gasteiger charge is -2.06. The zero-order valence-corrected chi connectivity index (χ0v) is 14.4. The van der Waals surface area contributed by atoms with E-state index in [1.165, 1.54) is 19.2 Å². The zero-order valence-electron chi connectivity index (χ0n) is 14.4. The SMILES string of the molecule is COC(=O)COc1ccc(C(C)=NOCc2ccc([N+](=O)[O-])cc2)cc1. The average molecular weight is 358 g/mol. The number of non-ortho nitro benzene ring substituents is 1. The fraction of sp³-hybridized carbons (Fsp3) is 0.222. The number of hydrogen-bond donors (Lipinski definition) is 0. The van der Waals surface area contributed by atoms with Gasteiger partial charge in [0.05, 0.1) is 17.7 Å². The van der Waals surface area contributed by atoms with Crippen molar-refractivity contribution in [2.24, 2.45) is 5.16 Å². The van der Waals surface area contributed by atoms with Crippen LogP contribution in [0.15, 0.2) is 53.7 Å². The summed E-state index contributed by atoms with van der Waals surface area (Å²) in [5.41, 5.74) is 2.30. The topological polar surface area (TPSA) is 100 Å². The summed E-state index contributed by atoms with van der Waals surface area (Å²) in [5.74, 6) is 0.0882. The first-order chi connectivity index (χ1) is 12.5. The number of ether oxygens (including phenoxy) is 2. The number of methoxy groups -OCH3 is 1. The highest BCUT2D eigenvalue weighted by molar-refractivity contribution is 5.98. The third-order valence-corrected chi connectivity index (χ3v) is 3.44. The zero-order chi connectivity index (χ0) is 18.9. The molecule has 0 saturated heterocycles. The molecule has 2 aromatic carbocycles. The van der Waals surface area contributed by atoms with Crippen LogP contribution in [0, 0.1) is 10.1 Å². The number of nitrogens with zero attached hydrogens (tertiary/aromatic N) is 2. The molecule has 0 bridgehead atoms. The second kappa shape index (κ2) is 9.16. The Morgan fingerprint density at radius 2 is 1.77 bits per heavy atom. The number of benzene rings is 2. The standard InChI is InChI=1S/C18H18N2O6/c1-13(15-5-9-17(10-6-15)25-12-18(21)24-2)19-26-11-14-3-7-16(8-4-14)20(22)23/h3-10H,11-12H2,1-2H3. The maximum atomic E-state index is 11.0. The smallest absolute Gasteiger partial charge is 0.343 e. The van der Waals surface area contributed by atoms with Crippen molar-refractivity contribution < 1.29 is 24.0 Å². The second-order valence-electron chi connectivity index (χ2n) is 5.26. The van der Waals surface area contributed by atoms with E-state index < -0.39 is 10.9 Å². The summed E-state index contributed by atoms with van der Waals surface area (Å²) >= 11 is 0. The Bertz CT molecular complexity index is 784. The number of carbonyl (C=O) groups excluding carboxylic acids is 1. The molecule has 0 spiro atoms. The molecule has 8 nitrogen and oxygen atoms in total. The van der Waals surface area contributed by atoms with Crippen LogP contribution < -0.4 is 4.74 Å². The van der Waals surface area contributed by atoms with E-state index in [1.807, 2.05) is 0 Å². The van der Waals surface area contributed by atoms with Gasteiger partial charge in [0.25, 0.3) is 5.69 Å². The van der Waals surface area contributed by atoms with Gasteiger partial charge in [-0.05, 0) is 54.4 Å². The number of rotatable bonds is 8. The fourth-order valence-corrected chi connectivity index (χ4v) is 1.96. The molecule has 0 saturated carbocycles. The van der Waals surface area contributed by atoms with Gasteiger partial charge in [0.2, 0.25) is 0 Å². The molecular weight excluding hydrogens is 340 g/mol. The molecule has 0 unspecified atom stereocenters. The minimum absolute atomic E-state index is 0.0305. The molecule has 8 heteroatoms. The minimum atomic E-state index is -0.453. The van der Waals surface area contributed by atoms with Crippen molar-refractivity contribution in [2.45, 2.75) is 13.5 Å². The molecule has 0 aromatic heterocycles. The lowest BCUT2D eigenvalue weighted by Crippen LogP contribution is -2.12. The maximum Gasteiger partial charge on any atom is 0.343 e. The van der Waals surface area contributed by atoms with Gasteiger partial charge >= 0.3 is 5.97 Å². The van der Waals surface area contributed by atoms with Gasteiger partial charge in [-0.25, -0.2) is 4.79 Å². The number of nitro benzene ring substituents is 1. The first-order valence-corrected chi connectivity index (χ1v) is 7.69. The molecule has 0 heterocycles. The quantitative estimate of drug-likeness (QED) is 0.311. The van der Waals surface area contributed by atoms with E-state index in [-0.39, 0.29) is 18.9 Å². The van der Waals surface area contributed by atoms with Crippen LogP contribution in [-0.4, -0.2) is 30.3 Å². The molecule has 2 aromatic rings. The van der Waals surface area contributed by atoms with Crippen LogP contribution in [0.1, 0.15) is 18.1 Å². The third-order valence-electron chi connectivity index (χ3n) is 3.44. The van der Waals surface area contributed by atoms with E-state index in [4.69, 9.17) is 9.57 Å². The van der Waals surface area contributed by atoms with E-state index in [0.717, 1.165) is 11.1 Å². The highest BCUT2D eigenvalue weighted by Gasteiger charge is 2.05. The summed E-state index contributed by atoms with van der Waals surface area (Å²) in [6, 6.07) is 13.1. The molecule has 136 valence electrons. The third kappa shape index (κ3) is 5.59. The van der Waals surface area contributed by atoms with Crippen LogP contribution in [0.3, 0.4) is 0 Å². The van der Waals surface area contributed by atoms with Gasteiger partial charge in [-0.2, -0.15) is 0 Å². The number of nitro groups is 1. The average Bonchev–Trinajstić information content (AvgIpc) is 2.66. The van der Waals surface area contributed by atoms with Gasteiger partial charge in [0.1, 0.15) is 12.4 Å². The molecule has 0 aliphatic carbocycles. The normalized spacial score (nSPS) is 10.9. The van der Waals surface area contributed by atoms with Crippen molar-refractivity contribution in [3.05, 3.63) is 69.8 Å². The Morgan fingerprint density at radius 3 is 2.35 bits per heavy atom. The molecule has 0 aliphatic rings. The van der Waals surface area contributed by atoms with Crippen LogP contribution in [0.4, 0.5) is 5.69 Å². The first kappa shape index (κ1) is 18.9. The summed E-state index contributed by atoms with van der Waals surface area (Å²) in [4.78, 5) is 26.5. The van der Waals surface area contributed by atoms with Gasteiger partial charge in [-0.1, -0.05) is 5.16 Å². The lowest BCUT2D eigenvalue weighted by atomic mass is 10.1. The minimum Gasteiger partial charge on any atom is -0.482 e. The number of esters is 1. The molecular formula is C18H18N2O6. The largest absolute Gasteiger partial charge is 0.482 e. The molecule has 0 atom stereocenters. The van der Waals surface area contributed by atoms with E-state index in [0.29, 0.717) is 11.5 Å². The van der Waals surface area contributed by atoms with E-state index in [9.17, 15) is 14.9 Å². The van der Waals surface area contributed by atoms with Gasteiger partial charge in [0, 0.05) is 12.1 Å². The Hall–Kier alpha value is -3.42. The lowest BCUT2D eigenvalue weighted by molar-refractivity contribution is -0.384. The van der Waals surface area contributed by atoms with Crippen LogP contribution in [0.5, 0.6) is 5.75 Å². The Kier molecular flexibility index (Phi) is 6.67. The van der Waals surface area contributed by atoms with Gasteiger partial charge in [-0.3, -0.25) is 10.1 Å². The molecule has 0 amide bonds. The molecule has 26 heavy (non-hydrogen) atoms. The van der Waals surface area contributed by atoms with E-state index in [1.54, 1.807) is 43.3 Å². The number of oxime groups is 1. The summed E-state index contributed by atoms with van der Waals surface area (Å²) < 4.78 is 9.77. The molecule has 2 rings (SSSR count). The molecule has 0 N–H and O–H groups in total. The van der Waals surface area contributed by atoms with E-state index >= 15 is 0 Å². The number of carbonyl (C=O) groups is 1. The van der Waals surface area contributed by atoms with Crippen LogP contribution >= 0.6 is 0 Å². The molecule has 0 aliphatic heterocycles. The Morgan fingerprint density at radius 1 is 1.12 bits per heavy atom. The van der Waals surface area contributed by atoms with Crippen LogP contribution in [0.25, 0.3) is 0 Å². The van der Waals surface area contributed by atoms with Crippen LogP contribution in [0.2, 0.25) is 0 Å².